The van der Waals surface area contributed by atoms with Crippen LogP contribution < -0.4 is 16.2 Å². The average molecular weight is 362 g/mol. The summed E-state index contributed by atoms with van der Waals surface area (Å²) in [4.78, 5) is 13.0. The van der Waals surface area contributed by atoms with Gasteiger partial charge in [0.1, 0.15) is 0 Å². The zero-order valence-electron chi connectivity index (χ0n) is 13.8. The molecule has 2 aromatic rings. The van der Waals surface area contributed by atoms with Gasteiger partial charge in [0, 0.05) is 11.4 Å². The lowest BCUT2D eigenvalue weighted by molar-refractivity contribution is -0.119. The SMILES string of the molecule is CCCCCNC(=S)NNC(=O)CSc1ccc2ccccc2c1. The molecule has 24 heavy (non-hydrogen) atoms. The molecule has 0 aliphatic heterocycles. The Morgan fingerprint density at radius 2 is 1.88 bits per heavy atom. The maximum absolute atomic E-state index is 11.9. The number of hydrogen-bond acceptors (Lipinski definition) is 3. The fourth-order valence-corrected chi connectivity index (χ4v) is 3.09. The smallest absolute Gasteiger partial charge is 0.248 e. The Balaban J connectivity index is 1.69. The third kappa shape index (κ3) is 6.37. The summed E-state index contributed by atoms with van der Waals surface area (Å²) in [5.41, 5.74) is 5.35. The number of thiocarbonyl (C=S) groups is 1. The summed E-state index contributed by atoms with van der Waals surface area (Å²) < 4.78 is 0. The Labute approximate surface area is 152 Å². The van der Waals surface area contributed by atoms with E-state index in [1.54, 1.807) is 0 Å². The highest BCUT2D eigenvalue weighted by atomic mass is 32.2. The van der Waals surface area contributed by atoms with Crippen LogP contribution in [0.3, 0.4) is 0 Å². The van der Waals surface area contributed by atoms with Crippen LogP contribution in [0.5, 0.6) is 0 Å². The summed E-state index contributed by atoms with van der Waals surface area (Å²) in [6, 6.07) is 14.4. The van der Waals surface area contributed by atoms with Crippen LogP contribution >= 0.6 is 24.0 Å². The van der Waals surface area contributed by atoms with Crippen molar-refractivity contribution in [3.05, 3.63) is 42.5 Å². The molecule has 0 aliphatic carbocycles. The van der Waals surface area contributed by atoms with Crippen LogP contribution in [0.4, 0.5) is 0 Å². The van der Waals surface area contributed by atoms with Gasteiger partial charge in [-0.05, 0) is 41.5 Å². The zero-order chi connectivity index (χ0) is 17.2. The number of unbranched alkanes of at least 4 members (excludes halogenated alkanes) is 2. The normalized spacial score (nSPS) is 10.4. The average Bonchev–Trinajstić information content (AvgIpc) is 2.61. The van der Waals surface area contributed by atoms with E-state index < -0.39 is 0 Å². The van der Waals surface area contributed by atoms with E-state index in [0.29, 0.717) is 10.9 Å². The van der Waals surface area contributed by atoms with E-state index in [4.69, 9.17) is 12.2 Å². The quantitative estimate of drug-likeness (QED) is 0.304. The van der Waals surface area contributed by atoms with Crippen molar-refractivity contribution >= 4 is 45.8 Å². The van der Waals surface area contributed by atoms with Crippen molar-refractivity contribution in [3.63, 3.8) is 0 Å². The van der Waals surface area contributed by atoms with Crippen molar-refractivity contribution in [1.29, 1.82) is 0 Å². The standard InChI is InChI=1S/C18H23N3OS2/c1-2-3-6-11-19-18(23)21-20-17(22)13-24-16-10-9-14-7-4-5-8-15(14)12-16/h4-5,7-10,12H,2-3,6,11,13H2,1H3,(H,20,22)(H2,19,21,23). The van der Waals surface area contributed by atoms with Crippen molar-refractivity contribution in [1.82, 2.24) is 16.2 Å². The summed E-state index contributed by atoms with van der Waals surface area (Å²) >= 11 is 6.61. The predicted molar refractivity (Wildman–Crippen MR) is 106 cm³/mol. The summed E-state index contributed by atoms with van der Waals surface area (Å²) in [5.74, 6) is 0.231. The molecule has 0 radical (unpaired) electrons. The first-order chi connectivity index (χ1) is 11.7. The van der Waals surface area contributed by atoms with Gasteiger partial charge in [0.25, 0.3) is 0 Å². The molecule has 3 N–H and O–H groups in total. The van der Waals surface area contributed by atoms with E-state index in [1.807, 2.05) is 18.2 Å². The first kappa shape index (κ1) is 18.5. The van der Waals surface area contributed by atoms with Gasteiger partial charge in [-0.15, -0.1) is 11.8 Å². The van der Waals surface area contributed by atoms with Crippen LogP contribution in [0.2, 0.25) is 0 Å². The van der Waals surface area contributed by atoms with Gasteiger partial charge in [-0.2, -0.15) is 0 Å². The van der Waals surface area contributed by atoms with Crippen molar-refractivity contribution in [2.24, 2.45) is 0 Å². The monoisotopic (exact) mass is 361 g/mol. The lowest BCUT2D eigenvalue weighted by atomic mass is 10.1. The van der Waals surface area contributed by atoms with Crippen molar-refractivity contribution < 1.29 is 4.79 Å². The molecule has 0 bridgehead atoms. The lowest BCUT2D eigenvalue weighted by Gasteiger charge is -2.11. The zero-order valence-corrected chi connectivity index (χ0v) is 15.4. The number of benzene rings is 2. The molecule has 0 atom stereocenters. The van der Waals surface area contributed by atoms with Crippen LogP contribution in [0.25, 0.3) is 10.8 Å². The Bertz CT molecular complexity index is 691. The second-order valence-corrected chi connectivity index (χ2v) is 6.89. The van der Waals surface area contributed by atoms with Crippen LogP contribution in [0.15, 0.2) is 47.4 Å². The van der Waals surface area contributed by atoms with Gasteiger partial charge in [0.15, 0.2) is 5.11 Å². The maximum atomic E-state index is 11.9. The second-order valence-electron chi connectivity index (χ2n) is 5.43. The molecule has 6 heteroatoms. The molecule has 0 fully saturated rings. The number of rotatable bonds is 7. The number of hydrogen-bond donors (Lipinski definition) is 3. The molecule has 0 saturated heterocycles. The molecule has 0 heterocycles. The molecular formula is C18H23N3OS2. The number of hydrazine groups is 1. The number of thioether (sulfide) groups is 1. The molecule has 128 valence electrons. The molecule has 0 aromatic heterocycles. The highest BCUT2D eigenvalue weighted by Crippen LogP contribution is 2.23. The van der Waals surface area contributed by atoms with Crippen LogP contribution in [0.1, 0.15) is 26.2 Å². The fourth-order valence-electron chi connectivity index (χ4n) is 2.19. The molecule has 0 saturated carbocycles. The summed E-state index contributed by atoms with van der Waals surface area (Å²) in [6.07, 6.45) is 3.42. The van der Waals surface area contributed by atoms with Gasteiger partial charge >= 0.3 is 0 Å². The Morgan fingerprint density at radius 1 is 1.08 bits per heavy atom. The molecule has 0 aliphatic rings. The summed E-state index contributed by atoms with van der Waals surface area (Å²) in [6.45, 7) is 2.98. The molecule has 0 unspecified atom stereocenters. The Kier molecular flexibility index (Phi) is 7.85. The van der Waals surface area contributed by atoms with Gasteiger partial charge in [0.05, 0.1) is 5.75 Å². The van der Waals surface area contributed by atoms with E-state index in [2.05, 4.69) is 47.4 Å². The number of nitrogens with one attached hydrogen (secondary N) is 3. The third-order valence-corrected chi connectivity index (χ3v) is 4.71. The number of carbonyl (C=O) groups is 1. The highest BCUT2D eigenvalue weighted by molar-refractivity contribution is 8.00. The largest absolute Gasteiger partial charge is 0.361 e. The van der Waals surface area contributed by atoms with Crippen LogP contribution in [-0.4, -0.2) is 23.3 Å². The van der Waals surface area contributed by atoms with Gasteiger partial charge in [-0.3, -0.25) is 15.6 Å². The van der Waals surface area contributed by atoms with E-state index >= 15 is 0 Å². The molecule has 0 spiro atoms. The van der Waals surface area contributed by atoms with Gasteiger partial charge in [0.2, 0.25) is 5.91 Å². The van der Waals surface area contributed by atoms with Crippen molar-refractivity contribution in [2.75, 3.05) is 12.3 Å². The second kappa shape index (κ2) is 10.2. The molecular weight excluding hydrogens is 338 g/mol. The van der Waals surface area contributed by atoms with E-state index in [-0.39, 0.29) is 5.91 Å². The maximum Gasteiger partial charge on any atom is 0.248 e. The predicted octanol–water partition coefficient (Wildman–Crippen LogP) is 3.62. The molecule has 2 rings (SSSR count). The van der Waals surface area contributed by atoms with Gasteiger partial charge < -0.3 is 5.32 Å². The third-order valence-electron chi connectivity index (χ3n) is 3.47. The van der Waals surface area contributed by atoms with E-state index in [1.165, 1.54) is 35.4 Å². The molecule has 2 aromatic carbocycles. The number of fused-ring (bicyclic) bond motifs is 1. The summed E-state index contributed by atoms with van der Waals surface area (Å²) in [7, 11) is 0. The number of amides is 1. The van der Waals surface area contributed by atoms with Crippen LogP contribution in [0, 0.1) is 0 Å². The first-order valence-corrected chi connectivity index (χ1v) is 9.52. The molecule has 4 nitrogen and oxygen atoms in total. The topological polar surface area (TPSA) is 53.2 Å². The van der Waals surface area contributed by atoms with E-state index in [9.17, 15) is 4.79 Å². The van der Waals surface area contributed by atoms with Crippen molar-refractivity contribution in [2.45, 2.75) is 31.1 Å². The van der Waals surface area contributed by atoms with E-state index in [0.717, 1.165) is 17.9 Å². The number of carbonyl (C=O) groups excluding carboxylic acids is 1. The van der Waals surface area contributed by atoms with Gasteiger partial charge in [-0.25, -0.2) is 0 Å². The van der Waals surface area contributed by atoms with Gasteiger partial charge in [-0.1, -0.05) is 50.1 Å². The van der Waals surface area contributed by atoms with Crippen molar-refractivity contribution in [3.8, 4) is 0 Å². The van der Waals surface area contributed by atoms with Crippen LogP contribution in [-0.2, 0) is 4.79 Å². The minimum atomic E-state index is -0.106. The molecule has 1 amide bonds. The highest BCUT2D eigenvalue weighted by Gasteiger charge is 2.04. The first-order valence-electron chi connectivity index (χ1n) is 8.13. The minimum Gasteiger partial charge on any atom is -0.361 e. The minimum absolute atomic E-state index is 0.106. The fraction of sp³-hybridized carbons (Fsp3) is 0.333. The Morgan fingerprint density at radius 3 is 2.67 bits per heavy atom. The lowest BCUT2D eigenvalue weighted by Crippen LogP contribution is -2.47. The summed E-state index contributed by atoms with van der Waals surface area (Å²) in [5, 5.41) is 5.90. The Hall–Kier alpha value is -1.79.